The third-order valence-corrected chi connectivity index (χ3v) is 6.51. The zero-order valence-electron chi connectivity index (χ0n) is 15.1. The fourth-order valence-corrected chi connectivity index (χ4v) is 4.70. The number of rotatable bonds is 6. The molecule has 0 radical (unpaired) electrons. The average Bonchev–Trinajstić information content (AvgIpc) is 3.12. The molecule has 6 heteroatoms. The van der Waals surface area contributed by atoms with Crippen LogP contribution < -0.4 is 5.32 Å². The molecule has 1 aromatic heterocycles. The molecule has 0 saturated carbocycles. The molecule has 0 spiro atoms. The minimum absolute atomic E-state index is 0.120. The number of nitrogens with zero attached hydrogens (tertiary/aromatic N) is 2. The Bertz CT molecular complexity index is 593. The van der Waals surface area contributed by atoms with Gasteiger partial charge in [-0.15, -0.1) is 11.3 Å². The Morgan fingerprint density at radius 2 is 1.88 bits per heavy atom. The lowest BCUT2D eigenvalue weighted by Gasteiger charge is -2.32. The average molecular weight is 364 g/mol. The third-order valence-electron chi connectivity index (χ3n) is 5.48. The summed E-state index contributed by atoms with van der Waals surface area (Å²) < 4.78 is 0. The summed E-state index contributed by atoms with van der Waals surface area (Å²) in [7, 11) is 1.98. The molecule has 3 rings (SSSR count). The first-order chi connectivity index (χ1) is 12.2. The van der Waals surface area contributed by atoms with Gasteiger partial charge in [0.25, 0.3) is 0 Å². The van der Waals surface area contributed by atoms with Gasteiger partial charge in [0.05, 0.1) is 0 Å². The zero-order valence-corrected chi connectivity index (χ0v) is 15.9. The van der Waals surface area contributed by atoms with E-state index in [1.165, 1.54) is 16.9 Å². The van der Waals surface area contributed by atoms with Crippen molar-refractivity contribution in [3.63, 3.8) is 0 Å². The van der Waals surface area contributed by atoms with Crippen LogP contribution in [0.3, 0.4) is 0 Å². The van der Waals surface area contributed by atoms with Crippen LogP contribution in [0.1, 0.15) is 42.5 Å². The van der Waals surface area contributed by atoms with E-state index < -0.39 is 0 Å². The van der Waals surface area contributed by atoms with Crippen molar-refractivity contribution < 1.29 is 9.59 Å². The topological polar surface area (TPSA) is 52.7 Å². The Labute approximate surface area is 154 Å². The number of fused-ring (bicyclic) bond motifs is 1. The zero-order chi connectivity index (χ0) is 17.6. The molecule has 1 saturated heterocycles. The third kappa shape index (κ3) is 4.82. The summed E-state index contributed by atoms with van der Waals surface area (Å²) in [6.45, 7) is 4.25. The van der Waals surface area contributed by atoms with E-state index in [-0.39, 0.29) is 11.8 Å². The normalized spacial score (nSPS) is 18.3. The Kier molecular flexibility index (Phi) is 6.48. The number of thiophene rings is 1. The summed E-state index contributed by atoms with van der Waals surface area (Å²) in [6, 6.07) is 2.11. The highest BCUT2D eigenvalue weighted by Gasteiger charge is 2.25. The molecule has 5 nitrogen and oxygen atoms in total. The maximum absolute atomic E-state index is 12.4. The van der Waals surface area contributed by atoms with Gasteiger partial charge in [-0.3, -0.25) is 9.59 Å². The summed E-state index contributed by atoms with van der Waals surface area (Å²) >= 11 is 1.78. The van der Waals surface area contributed by atoms with Crippen molar-refractivity contribution in [2.45, 2.75) is 45.1 Å². The molecule has 0 aliphatic carbocycles. The number of carbonyl (C=O) groups excluding carboxylic acids is 2. The van der Waals surface area contributed by atoms with Crippen LogP contribution >= 0.6 is 11.3 Å². The van der Waals surface area contributed by atoms with Crippen molar-refractivity contribution in [1.82, 2.24) is 15.1 Å². The molecule has 0 unspecified atom stereocenters. The number of carbonyl (C=O) groups is 2. The molecular formula is C19H29N3O2S. The lowest BCUT2D eigenvalue weighted by molar-refractivity contribution is -0.138. The molecule has 3 heterocycles. The van der Waals surface area contributed by atoms with Crippen LogP contribution in [-0.2, 0) is 22.6 Å². The highest BCUT2D eigenvalue weighted by molar-refractivity contribution is 7.10. The van der Waals surface area contributed by atoms with Crippen molar-refractivity contribution >= 4 is 23.2 Å². The number of hydrogen-bond acceptors (Lipinski definition) is 4. The van der Waals surface area contributed by atoms with Gasteiger partial charge in [0, 0.05) is 43.9 Å². The van der Waals surface area contributed by atoms with Crippen LogP contribution in [0.25, 0.3) is 0 Å². The summed E-state index contributed by atoms with van der Waals surface area (Å²) in [5.41, 5.74) is 1.28. The van der Waals surface area contributed by atoms with Crippen LogP contribution in [0, 0.1) is 5.92 Å². The molecule has 2 aliphatic rings. The quantitative estimate of drug-likeness (QED) is 0.843. The van der Waals surface area contributed by atoms with Crippen molar-refractivity contribution in [3.8, 4) is 0 Å². The van der Waals surface area contributed by atoms with Gasteiger partial charge < -0.3 is 15.1 Å². The lowest BCUT2D eigenvalue weighted by atomic mass is 9.93. The van der Waals surface area contributed by atoms with Crippen molar-refractivity contribution in [3.05, 3.63) is 21.9 Å². The van der Waals surface area contributed by atoms with E-state index in [1.54, 1.807) is 11.3 Å². The Hall–Kier alpha value is -1.40. The maximum Gasteiger partial charge on any atom is 0.223 e. The van der Waals surface area contributed by atoms with Gasteiger partial charge in [-0.1, -0.05) is 0 Å². The molecule has 0 aromatic carbocycles. The van der Waals surface area contributed by atoms with Crippen LogP contribution in [0.2, 0.25) is 0 Å². The molecule has 1 aromatic rings. The second kappa shape index (κ2) is 8.81. The Balaban J connectivity index is 1.39. The lowest BCUT2D eigenvalue weighted by Crippen LogP contribution is -2.40. The molecule has 0 bridgehead atoms. The smallest absolute Gasteiger partial charge is 0.223 e. The monoisotopic (exact) mass is 363 g/mol. The standard InChI is InChI=1S/C19H29N3O2S/c1-20-9-4-15-5-10-21(11-6-15)18(23)2-3-19(24)22-12-7-17-16(14-22)8-13-25-17/h8,13,15,20H,2-7,9-12,14H2,1H3. The number of amides is 2. The van der Waals surface area contributed by atoms with Gasteiger partial charge >= 0.3 is 0 Å². The van der Waals surface area contributed by atoms with Crippen LogP contribution in [-0.4, -0.2) is 54.8 Å². The van der Waals surface area contributed by atoms with E-state index >= 15 is 0 Å². The Morgan fingerprint density at radius 1 is 1.16 bits per heavy atom. The number of hydrogen-bond donors (Lipinski definition) is 1. The SMILES string of the molecule is CNCCC1CCN(C(=O)CCC(=O)N2CCc3sccc3C2)CC1. The first-order valence-corrected chi connectivity index (χ1v) is 10.3. The van der Waals surface area contributed by atoms with Crippen molar-refractivity contribution in [1.29, 1.82) is 0 Å². The second-order valence-electron chi connectivity index (χ2n) is 7.15. The van der Waals surface area contributed by atoms with E-state index in [2.05, 4.69) is 16.8 Å². The second-order valence-corrected chi connectivity index (χ2v) is 8.15. The molecule has 25 heavy (non-hydrogen) atoms. The van der Waals surface area contributed by atoms with Gasteiger partial charge in [0.15, 0.2) is 0 Å². The van der Waals surface area contributed by atoms with E-state index in [0.29, 0.717) is 19.4 Å². The minimum Gasteiger partial charge on any atom is -0.343 e. The van der Waals surface area contributed by atoms with E-state index in [9.17, 15) is 9.59 Å². The summed E-state index contributed by atoms with van der Waals surface area (Å²) in [4.78, 5) is 30.1. The Morgan fingerprint density at radius 3 is 2.60 bits per heavy atom. The van der Waals surface area contributed by atoms with Crippen molar-refractivity contribution in [2.24, 2.45) is 5.92 Å². The molecular weight excluding hydrogens is 334 g/mol. The fraction of sp³-hybridized carbons (Fsp3) is 0.684. The summed E-state index contributed by atoms with van der Waals surface area (Å²) in [5, 5.41) is 5.29. The fourth-order valence-electron chi connectivity index (χ4n) is 3.81. The number of nitrogens with one attached hydrogen (secondary N) is 1. The van der Waals surface area contributed by atoms with Crippen LogP contribution in [0.15, 0.2) is 11.4 Å². The highest BCUT2D eigenvalue weighted by atomic mass is 32.1. The van der Waals surface area contributed by atoms with Crippen LogP contribution in [0.5, 0.6) is 0 Å². The predicted molar refractivity (Wildman–Crippen MR) is 101 cm³/mol. The molecule has 2 aliphatic heterocycles. The van der Waals surface area contributed by atoms with Gasteiger partial charge in [-0.05, 0) is 62.2 Å². The molecule has 138 valence electrons. The first kappa shape index (κ1) is 18.4. The number of piperidine rings is 1. The van der Waals surface area contributed by atoms with Crippen molar-refractivity contribution in [2.75, 3.05) is 33.2 Å². The van der Waals surface area contributed by atoms with Crippen LogP contribution in [0.4, 0.5) is 0 Å². The predicted octanol–water partition coefficient (Wildman–Crippen LogP) is 2.26. The number of likely N-dealkylation sites (tertiary alicyclic amines) is 1. The molecule has 0 atom stereocenters. The largest absolute Gasteiger partial charge is 0.343 e. The van der Waals surface area contributed by atoms with E-state index in [0.717, 1.165) is 51.4 Å². The van der Waals surface area contributed by atoms with Gasteiger partial charge in [0.1, 0.15) is 0 Å². The molecule has 1 N–H and O–H groups in total. The summed E-state index contributed by atoms with van der Waals surface area (Å²) in [6.07, 6.45) is 5.03. The molecule has 1 fully saturated rings. The maximum atomic E-state index is 12.4. The molecule has 2 amide bonds. The van der Waals surface area contributed by atoms with E-state index in [1.807, 2.05) is 16.8 Å². The van der Waals surface area contributed by atoms with Gasteiger partial charge in [-0.25, -0.2) is 0 Å². The van der Waals surface area contributed by atoms with E-state index in [4.69, 9.17) is 0 Å². The minimum atomic E-state index is 0.120. The summed E-state index contributed by atoms with van der Waals surface area (Å²) in [5.74, 6) is 0.994. The van der Waals surface area contributed by atoms with Gasteiger partial charge in [0.2, 0.25) is 11.8 Å². The first-order valence-electron chi connectivity index (χ1n) is 9.42. The highest BCUT2D eigenvalue weighted by Crippen LogP contribution is 2.25. The van der Waals surface area contributed by atoms with Gasteiger partial charge in [-0.2, -0.15) is 0 Å².